The third kappa shape index (κ3) is 3.58. The molecular weight excluding hydrogens is 376 g/mol. The van der Waals surface area contributed by atoms with Crippen molar-refractivity contribution in [3.8, 4) is 11.4 Å². The molecule has 0 radical (unpaired) electrons. The number of aromatic nitrogens is 7. The van der Waals surface area contributed by atoms with Crippen LogP contribution >= 0.6 is 0 Å². The number of nitrogens with two attached hydrogens (primary N) is 1. The Morgan fingerprint density at radius 3 is 1.43 bits per heavy atom. The predicted molar refractivity (Wildman–Crippen MR) is 113 cm³/mol. The van der Waals surface area contributed by atoms with Gasteiger partial charge in [0, 0.05) is 49.0 Å². The summed E-state index contributed by atoms with van der Waals surface area (Å²) in [6.45, 7) is 0. The first-order valence-electron chi connectivity index (χ1n) is 9.59. The SMILES string of the molecule is Nn1c(Cc2ccc(-n3ccnc3)cc2)nnc1Cc1ccc(-n2ccnc2)cc1. The number of hydrogen-bond donors (Lipinski definition) is 1. The number of hydrogen-bond acceptors (Lipinski definition) is 5. The van der Waals surface area contributed by atoms with Crippen LogP contribution in [0.5, 0.6) is 0 Å². The van der Waals surface area contributed by atoms with Gasteiger partial charge in [-0.05, 0) is 35.4 Å². The fraction of sp³-hybridized carbons (Fsp3) is 0.0909. The monoisotopic (exact) mass is 396 g/mol. The van der Waals surface area contributed by atoms with E-state index in [2.05, 4.69) is 68.7 Å². The van der Waals surface area contributed by atoms with Gasteiger partial charge in [-0.3, -0.25) is 0 Å². The summed E-state index contributed by atoms with van der Waals surface area (Å²) in [5.41, 5.74) is 4.36. The lowest BCUT2D eigenvalue weighted by Crippen LogP contribution is -2.17. The standard InChI is InChI=1S/C22H20N8/c23-30-21(13-17-1-5-19(6-2-17)28-11-9-24-15-28)26-27-22(30)14-18-3-7-20(8-4-18)29-12-10-25-16-29/h1-12,15-16H,13-14,23H2. The van der Waals surface area contributed by atoms with Crippen molar-refractivity contribution in [2.24, 2.45) is 0 Å². The van der Waals surface area contributed by atoms with Crippen molar-refractivity contribution in [2.45, 2.75) is 12.8 Å². The van der Waals surface area contributed by atoms with E-state index in [1.807, 2.05) is 21.5 Å². The Labute approximate surface area is 173 Å². The van der Waals surface area contributed by atoms with Gasteiger partial charge in [0.15, 0.2) is 11.6 Å². The van der Waals surface area contributed by atoms with Gasteiger partial charge in [-0.2, -0.15) is 0 Å². The minimum absolute atomic E-state index is 0.618. The first kappa shape index (κ1) is 17.9. The van der Waals surface area contributed by atoms with Gasteiger partial charge in [-0.1, -0.05) is 24.3 Å². The maximum absolute atomic E-state index is 6.28. The lowest BCUT2D eigenvalue weighted by Gasteiger charge is -2.07. The number of imidazole rings is 2. The molecule has 2 N–H and O–H groups in total. The zero-order valence-corrected chi connectivity index (χ0v) is 16.2. The van der Waals surface area contributed by atoms with Gasteiger partial charge in [0.25, 0.3) is 0 Å². The average Bonchev–Trinajstić information content (AvgIpc) is 3.55. The molecule has 30 heavy (non-hydrogen) atoms. The Hall–Kier alpha value is -4.20. The van der Waals surface area contributed by atoms with Gasteiger partial charge in [-0.15, -0.1) is 10.2 Å². The molecule has 5 aromatic rings. The number of benzene rings is 2. The second kappa shape index (κ2) is 7.67. The number of nitrogens with zero attached hydrogens (tertiary/aromatic N) is 7. The van der Waals surface area contributed by atoms with Crippen LogP contribution in [0.25, 0.3) is 11.4 Å². The normalized spacial score (nSPS) is 11.1. The lowest BCUT2D eigenvalue weighted by atomic mass is 10.1. The molecule has 5 rings (SSSR count). The van der Waals surface area contributed by atoms with Crippen LogP contribution in [0.15, 0.2) is 86.0 Å². The van der Waals surface area contributed by atoms with Crippen LogP contribution in [0, 0.1) is 0 Å². The summed E-state index contributed by atoms with van der Waals surface area (Å²) in [5.74, 6) is 7.74. The van der Waals surface area contributed by atoms with Gasteiger partial charge in [0.1, 0.15) is 0 Å². The summed E-state index contributed by atoms with van der Waals surface area (Å²) in [6, 6.07) is 16.5. The van der Waals surface area contributed by atoms with Crippen LogP contribution in [0.1, 0.15) is 22.8 Å². The van der Waals surface area contributed by atoms with E-state index >= 15 is 0 Å². The fourth-order valence-electron chi connectivity index (χ4n) is 3.36. The molecular formula is C22H20N8. The summed E-state index contributed by atoms with van der Waals surface area (Å²) < 4.78 is 5.52. The minimum atomic E-state index is 0.618. The van der Waals surface area contributed by atoms with Crippen LogP contribution in [-0.4, -0.2) is 34.0 Å². The zero-order valence-electron chi connectivity index (χ0n) is 16.2. The summed E-state index contributed by atoms with van der Waals surface area (Å²) in [5, 5.41) is 8.60. The van der Waals surface area contributed by atoms with Gasteiger partial charge in [0.05, 0.1) is 12.7 Å². The van der Waals surface area contributed by atoms with Crippen molar-refractivity contribution >= 4 is 0 Å². The predicted octanol–water partition coefficient (Wildman–Crippen LogP) is 2.54. The van der Waals surface area contributed by atoms with Crippen LogP contribution in [-0.2, 0) is 12.8 Å². The summed E-state index contributed by atoms with van der Waals surface area (Å²) in [4.78, 5) is 8.15. The summed E-state index contributed by atoms with van der Waals surface area (Å²) in [6.07, 6.45) is 12.1. The van der Waals surface area contributed by atoms with E-state index in [4.69, 9.17) is 5.84 Å². The van der Waals surface area contributed by atoms with E-state index in [0.29, 0.717) is 12.8 Å². The molecule has 0 spiro atoms. The smallest absolute Gasteiger partial charge is 0.156 e. The van der Waals surface area contributed by atoms with Crippen molar-refractivity contribution in [3.63, 3.8) is 0 Å². The Balaban J connectivity index is 1.28. The van der Waals surface area contributed by atoms with E-state index in [-0.39, 0.29) is 0 Å². The van der Waals surface area contributed by atoms with Gasteiger partial charge >= 0.3 is 0 Å². The number of nitrogen functional groups attached to an aromatic ring is 1. The summed E-state index contributed by atoms with van der Waals surface area (Å²) in [7, 11) is 0. The Bertz CT molecular complexity index is 1120. The van der Waals surface area contributed by atoms with E-state index in [1.54, 1.807) is 29.7 Å². The molecule has 0 atom stereocenters. The highest BCUT2D eigenvalue weighted by Gasteiger charge is 2.11. The molecule has 0 amide bonds. The third-order valence-corrected chi connectivity index (χ3v) is 5.04. The van der Waals surface area contributed by atoms with Crippen LogP contribution in [0.2, 0.25) is 0 Å². The average molecular weight is 396 g/mol. The van der Waals surface area contributed by atoms with Crippen LogP contribution in [0.4, 0.5) is 0 Å². The van der Waals surface area contributed by atoms with E-state index in [1.165, 1.54) is 0 Å². The molecule has 0 bridgehead atoms. The quantitative estimate of drug-likeness (QED) is 0.445. The van der Waals surface area contributed by atoms with E-state index in [9.17, 15) is 0 Å². The molecule has 2 aromatic carbocycles. The second-order valence-electron chi connectivity index (χ2n) is 7.03. The molecule has 0 fully saturated rings. The minimum Gasteiger partial charge on any atom is -0.336 e. The van der Waals surface area contributed by atoms with E-state index in [0.717, 1.165) is 34.2 Å². The zero-order chi connectivity index (χ0) is 20.3. The molecule has 0 aliphatic carbocycles. The topological polar surface area (TPSA) is 92.4 Å². The third-order valence-electron chi connectivity index (χ3n) is 5.04. The Morgan fingerprint density at radius 2 is 1.07 bits per heavy atom. The first-order chi connectivity index (χ1) is 14.8. The van der Waals surface area contributed by atoms with Crippen molar-refractivity contribution in [1.82, 2.24) is 34.0 Å². The molecule has 0 aliphatic heterocycles. The van der Waals surface area contributed by atoms with Crippen molar-refractivity contribution < 1.29 is 0 Å². The number of rotatable bonds is 6. The highest BCUT2D eigenvalue weighted by Crippen LogP contribution is 2.15. The fourth-order valence-corrected chi connectivity index (χ4v) is 3.36. The molecule has 8 nitrogen and oxygen atoms in total. The maximum atomic E-state index is 6.28. The second-order valence-corrected chi connectivity index (χ2v) is 7.03. The van der Waals surface area contributed by atoms with Crippen molar-refractivity contribution in [3.05, 3.63) is 109 Å². The maximum Gasteiger partial charge on any atom is 0.156 e. The molecule has 148 valence electrons. The molecule has 0 saturated carbocycles. The molecule has 0 aliphatic rings. The molecule has 3 heterocycles. The summed E-state index contributed by atoms with van der Waals surface area (Å²) >= 11 is 0. The first-order valence-corrected chi connectivity index (χ1v) is 9.59. The van der Waals surface area contributed by atoms with Gasteiger partial charge in [-0.25, -0.2) is 14.6 Å². The Morgan fingerprint density at radius 1 is 0.633 bits per heavy atom. The van der Waals surface area contributed by atoms with E-state index < -0.39 is 0 Å². The largest absolute Gasteiger partial charge is 0.336 e. The highest BCUT2D eigenvalue weighted by atomic mass is 15.4. The van der Waals surface area contributed by atoms with Gasteiger partial charge < -0.3 is 15.0 Å². The Kier molecular flexibility index (Phi) is 4.57. The van der Waals surface area contributed by atoms with Crippen LogP contribution in [0.3, 0.4) is 0 Å². The van der Waals surface area contributed by atoms with Gasteiger partial charge in [0.2, 0.25) is 0 Å². The molecule has 8 heteroatoms. The molecule has 0 saturated heterocycles. The van der Waals surface area contributed by atoms with Crippen LogP contribution < -0.4 is 5.84 Å². The highest BCUT2D eigenvalue weighted by molar-refractivity contribution is 5.37. The lowest BCUT2D eigenvalue weighted by molar-refractivity contribution is 0.829. The molecule has 0 unspecified atom stereocenters. The molecule has 3 aromatic heterocycles. The van der Waals surface area contributed by atoms with Crippen molar-refractivity contribution in [1.29, 1.82) is 0 Å². The van der Waals surface area contributed by atoms with Crippen molar-refractivity contribution in [2.75, 3.05) is 5.84 Å².